The zero-order valence-corrected chi connectivity index (χ0v) is 21.7. The van der Waals surface area contributed by atoms with Gasteiger partial charge < -0.3 is 15.2 Å². The fraction of sp³-hybridized carbons (Fsp3) is 0.267. The number of nitrogens with zero attached hydrogens (tertiary/aromatic N) is 1. The second-order valence-corrected chi connectivity index (χ2v) is 9.94. The van der Waals surface area contributed by atoms with E-state index in [-0.39, 0.29) is 24.3 Å². The van der Waals surface area contributed by atoms with Crippen LogP contribution in [0.15, 0.2) is 66.7 Å². The van der Waals surface area contributed by atoms with E-state index in [9.17, 15) is 22.8 Å². The molecule has 0 radical (unpaired) electrons. The molecular formula is C30H30F3N3O2. The molecule has 0 saturated heterocycles. The van der Waals surface area contributed by atoms with E-state index in [0.717, 1.165) is 34.2 Å². The van der Waals surface area contributed by atoms with Crippen molar-refractivity contribution in [2.75, 3.05) is 11.9 Å². The SMILES string of the molecule is Cc1ccc(C(=O)Nc2ccc3c(c2)cc(C(=O)NCC(C)C)n3Cc2ccc(C(F)(F)F)cc2)cc1C. The van der Waals surface area contributed by atoms with Crippen LogP contribution in [0.1, 0.15) is 56.9 Å². The minimum atomic E-state index is -4.42. The molecule has 0 unspecified atom stereocenters. The molecule has 2 N–H and O–H groups in total. The number of benzene rings is 3. The molecule has 0 aliphatic carbocycles. The summed E-state index contributed by atoms with van der Waals surface area (Å²) in [6, 6.07) is 17.5. The molecule has 4 rings (SSSR count). The predicted octanol–water partition coefficient (Wildman–Crippen LogP) is 6.96. The number of fused-ring (bicyclic) bond motifs is 1. The lowest BCUT2D eigenvalue weighted by Crippen LogP contribution is -2.29. The maximum Gasteiger partial charge on any atom is 0.416 e. The Morgan fingerprint density at radius 1 is 0.868 bits per heavy atom. The normalized spacial score (nSPS) is 11.7. The number of amides is 2. The van der Waals surface area contributed by atoms with Crippen LogP contribution in [0.25, 0.3) is 10.9 Å². The van der Waals surface area contributed by atoms with Crippen LogP contribution in [0, 0.1) is 19.8 Å². The molecule has 1 heterocycles. The first-order chi connectivity index (χ1) is 17.9. The Labute approximate surface area is 219 Å². The van der Waals surface area contributed by atoms with Crippen LogP contribution in [-0.2, 0) is 12.7 Å². The summed E-state index contributed by atoms with van der Waals surface area (Å²) in [5.74, 6) is -0.270. The Kier molecular flexibility index (Phi) is 7.62. The topological polar surface area (TPSA) is 63.1 Å². The number of anilines is 1. The smallest absolute Gasteiger partial charge is 0.351 e. The first kappa shape index (κ1) is 27.0. The third-order valence-electron chi connectivity index (χ3n) is 6.45. The van der Waals surface area contributed by atoms with Crippen molar-refractivity contribution in [2.24, 2.45) is 5.92 Å². The van der Waals surface area contributed by atoms with Crippen molar-refractivity contribution in [3.63, 3.8) is 0 Å². The van der Waals surface area contributed by atoms with E-state index in [1.54, 1.807) is 34.9 Å². The summed E-state index contributed by atoms with van der Waals surface area (Å²) in [5.41, 5.74) is 4.25. The van der Waals surface area contributed by atoms with Gasteiger partial charge in [0, 0.05) is 35.2 Å². The number of hydrogen-bond acceptors (Lipinski definition) is 2. The Morgan fingerprint density at radius 3 is 2.21 bits per heavy atom. The van der Waals surface area contributed by atoms with Crippen LogP contribution in [0.4, 0.5) is 18.9 Å². The van der Waals surface area contributed by atoms with Gasteiger partial charge in [-0.15, -0.1) is 0 Å². The molecule has 4 aromatic rings. The maximum absolute atomic E-state index is 13.1. The molecule has 0 aliphatic heterocycles. The number of aryl methyl sites for hydroxylation is 2. The largest absolute Gasteiger partial charge is 0.416 e. The van der Waals surface area contributed by atoms with Crippen molar-refractivity contribution >= 4 is 28.4 Å². The van der Waals surface area contributed by atoms with Gasteiger partial charge in [0.05, 0.1) is 5.56 Å². The number of aromatic nitrogens is 1. The molecule has 0 spiro atoms. The van der Waals surface area contributed by atoms with Crippen LogP contribution in [-0.4, -0.2) is 22.9 Å². The van der Waals surface area contributed by atoms with E-state index in [4.69, 9.17) is 0 Å². The molecule has 0 atom stereocenters. The third kappa shape index (κ3) is 6.07. The molecule has 1 aromatic heterocycles. The quantitative estimate of drug-likeness (QED) is 0.276. The molecule has 3 aromatic carbocycles. The summed E-state index contributed by atoms with van der Waals surface area (Å²) in [6.45, 7) is 8.60. The minimum absolute atomic E-state index is 0.209. The monoisotopic (exact) mass is 521 g/mol. The number of nitrogens with one attached hydrogen (secondary N) is 2. The van der Waals surface area contributed by atoms with Gasteiger partial charge in [-0.2, -0.15) is 13.2 Å². The molecule has 0 fully saturated rings. The lowest BCUT2D eigenvalue weighted by atomic mass is 10.1. The summed E-state index contributed by atoms with van der Waals surface area (Å²) in [6.07, 6.45) is -4.42. The van der Waals surface area contributed by atoms with Crippen molar-refractivity contribution in [3.8, 4) is 0 Å². The van der Waals surface area contributed by atoms with E-state index in [1.807, 2.05) is 39.8 Å². The fourth-order valence-corrected chi connectivity index (χ4v) is 4.16. The van der Waals surface area contributed by atoms with Gasteiger partial charge in [0.1, 0.15) is 5.69 Å². The molecule has 5 nitrogen and oxygen atoms in total. The highest BCUT2D eigenvalue weighted by Crippen LogP contribution is 2.30. The molecule has 0 aliphatic rings. The molecular weight excluding hydrogens is 491 g/mol. The number of alkyl halides is 3. The molecule has 198 valence electrons. The first-order valence-electron chi connectivity index (χ1n) is 12.4. The lowest BCUT2D eigenvalue weighted by Gasteiger charge is -2.13. The molecule has 8 heteroatoms. The Balaban J connectivity index is 1.67. The van der Waals surface area contributed by atoms with Crippen LogP contribution in [0.2, 0.25) is 0 Å². The number of rotatable bonds is 7. The standard InChI is InChI=1S/C30H30F3N3O2/c1-18(2)16-34-29(38)27-15-23-14-25(35-28(37)22-8-5-19(3)20(4)13-22)11-12-26(23)36(27)17-21-6-9-24(10-7-21)30(31,32)33/h5-15,18H,16-17H2,1-4H3,(H,34,38)(H,35,37). The first-order valence-corrected chi connectivity index (χ1v) is 12.4. The van der Waals surface area contributed by atoms with Gasteiger partial charge in [-0.25, -0.2) is 0 Å². The summed E-state index contributed by atoms with van der Waals surface area (Å²) >= 11 is 0. The second-order valence-electron chi connectivity index (χ2n) is 9.94. The third-order valence-corrected chi connectivity index (χ3v) is 6.45. The average molecular weight is 522 g/mol. The Bertz CT molecular complexity index is 1490. The lowest BCUT2D eigenvalue weighted by molar-refractivity contribution is -0.137. The van der Waals surface area contributed by atoms with Crippen molar-refractivity contribution in [3.05, 3.63) is 100 Å². The van der Waals surface area contributed by atoms with E-state index in [1.165, 1.54) is 12.1 Å². The minimum Gasteiger partial charge on any atom is -0.351 e. The second kappa shape index (κ2) is 10.7. The van der Waals surface area contributed by atoms with Crippen molar-refractivity contribution in [1.29, 1.82) is 0 Å². The van der Waals surface area contributed by atoms with Crippen molar-refractivity contribution < 1.29 is 22.8 Å². The molecule has 2 amide bonds. The molecule has 0 saturated carbocycles. The summed E-state index contributed by atoms with van der Waals surface area (Å²) in [5, 5.41) is 6.55. The van der Waals surface area contributed by atoms with Crippen LogP contribution >= 0.6 is 0 Å². The van der Waals surface area contributed by atoms with Crippen LogP contribution in [0.5, 0.6) is 0 Å². The zero-order chi connectivity index (χ0) is 27.6. The van der Waals surface area contributed by atoms with E-state index in [0.29, 0.717) is 29.1 Å². The van der Waals surface area contributed by atoms with E-state index < -0.39 is 11.7 Å². The Morgan fingerprint density at radius 2 is 1.58 bits per heavy atom. The van der Waals surface area contributed by atoms with Crippen LogP contribution in [0.3, 0.4) is 0 Å². The van der Waals surface area contributed by atoms with Gasteiger partial charge in [-0.05, 0) is 85.0 Å². The van der Waals surface area contributed by atoms with Gasteiger partial charge in [0.2, 0.25) is 0 Å². The number of carbonyl (C=O) groups excluding carboxylic acids is 2. The van der Waals surface area contributed by atoms with Gasteiger partial charge in [-0.3, -0.25) is 9.59 Å². The van der Waals surface area contributed by atoms with Crippen molar-refractivity contribution in [2.45, 2.75) is 40.4 Å². The number of hydrogen-bond donors (Lipinski definition) is 2. The van der Waals surface area contributed by atoms with Crippen molar-refractivity contribution in [1.82, 2.24) is 9.88 Å². The highest BCUT2D eigenvalue weighted by atomic mass is 19.4. The van der Waals surface area contributed by atoms with Crippen LogP contribution < -0.4 is 10.6 Å². The van der Waals surface area contributed by atoms with E-state index >= 15 is 0 Å². The maximum atomic E-state index is 13.1. The fourth-order valence-electron chi connectivity index (χ4n) is 4.16. The molecule has 38 heavy (non-hydrogen) atoms. The number of carbonyl (C=O) groups is 2. The van der Waals surface area contributed by atoms with Gasteiger partial charge in [0.25, 0.3) is 11.8 Å². The summed E-state index contributed by atoms with van der Waals surface area (Å²) in [7, 11) is 0. The Hall–Kier alpha value is -4.07. The zero-order valence-electron chi connectivity index (χ0n) is 21.7. The summed E-state index contributed by atoms with van der Waals surface area (Å²) in [4.78, 5) is 25.9. The average Bonchev–Trinajstić information content (AvgIpc) is 3.21. The predicted molar refractivity (Wildman–Crippen MR) is 144 cm³/mol. The number of halogens is 3. The molecule has 0 bridgehead atoms. The highest BCUT2D eigenvalue weighted by molar-refractivity contribution is 6.06. The summed E-state index contributed by atoms with van der Waals surface area (Å²) < 4.78 is 40.8. The van der Waals surface area contributed by atoms with Gasteiger partial charge in [-0.1, -0.05) is 32.0 Å². The van der Waals surface area contributed by atoms with E-state index in [2.05, 4.69) is 10.6 Å². The van der Waals surface area contributed by atoms with Gasteiger partial charge in [0.15, 0.2) is 0 Å². The highest BCUT2D eigenvalue weighted by Gasteiger charge is 2.30. The van der Waals surface area contributed by atoms with Gasteiger partial charge >= 0.3 is 6.18 Å².